The fourth-order valence-electron chi connectivity index (χ4n) is 3.09. The lowest BCUT2D eigenvalue weighted by molar-refractivity contribution is -0.154. The van der Waals surface area contributed by atoms with Crippen molar-refractivity contribution >= 4 is 23.3 Å². The molecule has 1 heterocycles. The lowest BCUT2D eigenvalue weighted by atomic mass is 9.74. The Labute approximate surface area is 136 Å². The van der Waals surface area contributed by atoms with Gasteiger partial charge in [0.25, 0.3) is 0 Å². The number of carbonyl (C=O) groups is 1. The number of nitrogens with zero attached hydrogens (tertiary/aromatic N) is 2. The number of esters is 1. The van der Waals surface area contributed by atoms with Crippen LogP contribution >= 0.6 is 11.6 Å². The van der Waals surface area contributed by atoms with Crippen LogP contribution in [0.15, 0.2) is 18.2 Å². The molecular weight excluding hydrogens is 300 g/mol. The van der Waals surface area contributed by atoms with Crippen molar-refractivity contribution in [1.82, 2.24) is 0 Å². The van der Waals surface area contributed by atoms with Gasteiger partial charge in [0.2, 0.25) is 0 Å². The molecule has 0 radical (unpaired) electrons. The lowest BCUT2D eigenvalue weighted by Crippen LogP contribution is -2.45. The standard InChI is InChI=1S/C17H21ClN2O2/c1-17(2,16(21)22-3)13-5-4-8-20(11-13)15-7-6-14(18)9-12(15)10-19/h6-7,9,13H,4-5,8,11H2,1-3H3. The first-order chi connectivity index (χ1) is 10.4. The number of benzene rings is 1. The van der Waals surface area contributed by atoms with Crippen molar-refractivity contribution in [3.8, 4) is 6.07 Å². The second-order valence-corrected chi connectivity index (χ2v) is 6.71. The Morgan fingerprint density at radius 1 is 1.50 bits per heavy atom. The minimum Gasteiger partial charge on any atom is -0.469 e. The number of rotatable bonds is 3. The van der Waals surface area contributed by atoms with Gasteiger partial charge in [-0.05, 0) is 50.8 Å². The van der Waals surface area contributed by atoms with Crippen molar-refractivity contribution in [2.45, 2.75) is 26.7 Å². The fourth-order valence-corrected chi connectivity index (χ4v) is 3.26. The highest BCUT2D eigenvalue weighted by molar-refractivity contribution is 6.30. The molecular formula is C17H21ClN2O2. The van der Waals surface area contributed by atoms with E-state index in [1.54, 1.807) is 12.1 Å². The van der Waals surface area contributed by atoms with Crippen molar-refractivity contribution in [3.63, 3.8) is 0 Å². The van der Waals surface area contributed by atoms with Gasteiger partial charge in [0.1, 0.15) is 6.07 Å². The summed E-state index contributed by atoms with van der Waals surface area (Å²) < 4.78 is 4.94. The number of carbonyl (C=O) groups excluding carboxylic acids is 1. The predicted octanol–water partition coefficient (Wildman–Crippen LogP) is 3.63. The highest BCUT2D eigenvalue weighted by atomic mass is 35.5. The lowest BCUT2D eigenvalue weighted by Gasteiger charge is -2.41. The van der Waals surface area contributed by atoms with Gasteiger partial charge in [-0.25, -0.2) is 0 Å². The second kappa shape index (κ2) is 6.58. The van der Waals surface area contributed by atoms with E-state index in [0.717, 1.165) is 31.6 Å². The number of halogens is 1. The zero-order valence-corrected chi connectivity index (χ0v) is 14.0. The Hall–Kier alpha value is -1.73. The van der Waals surface area contributed by atoms with Gasteiger partial charge in [-0.3, -0.25) is 4.79 Å². The van der Waals surface area contributed by atoms with Crippen LogP contribution < -0.4 is 4.90 Å². The topological polar surface area (TPSA) is 53.3 Å². The van der Waals surface area contributed by atoms with Crippen LogP contribution in [0.25, 0.3) is 0 Å². The maximum absolute atomic E-state index is 12.0. The van der Waals surface area contributed by atoms with Crippen molar-refractivity contribution in [1.29, 1.82) is 5.26 Å². The molecule has 1 saturated heterocycles. The first-order valence-electron chi connectivity index (χ1n) is 7.43. The average Bonchev–Trinajstić information content (AvgIpc) is 2.53. The van der Waals surface area contributed by atoms with Crippen molar-refractivity contribution in [2.24, 2.45) is 11.3 Å². The van der Waals surface area contributed by atoms with Crippen molar-refractivity contribution < 1.29 is 9.53 Å². The summed E-state index contributed by atoms with van der Waals surface area (Å²) in [5, 5.41) is 9.88. The van der Waals surface area contributed by atoms with Crippen LogP contribution in [0, 0.1) is 22.7 Å². The van der Waals surface area contributed by atoms with Crippen LogP contribution in [0.3, 0.4) is 0 Å². The second-order valence-electron chi connectivity index (χ2n) is 6.27. The Kier molecular flexibility index (Phi) is 4.97. The Bertz CT molecular complexity index is 607. The Morgan fingerprint density at radius 2 is 2.23 bits per heavy atom. The maximum Gasteiger partial charge on any atom is 0.311 e. The predicted molar refractivity (Wildman–Crippen MR) is 86.9 cm³/mol. The van der Waals surface area contributed by atoms with Crippen LogP contribution in [-0.2, 0) is 9.53 Å². The molecule has 2 rings (SSSR count). The third kappa shape index (κ3) is 3.20. The molecule has 0 aromatic heterocycles. The number of ether oxygens (including phenoxy) is 1. The zero-order chi connectivity index (χ0) is 16.3. The van der Waals surface area contributed by atoms with E-state index in [-0.39, 0.29) is 11.9 Å². The molecule has 1 aliphatic rings. The molecule has 1 fully saturated rings. The normalized spacial score (nSPS) is 18.7. The first-order valence-corrected chi connectivity index (χ1v) is 7.81. The van der Waals surface area contributed by atoms with Gasteiger partial charge in [0.05, 0.1) is 23.8 Å². The number of methoxy groups -OCH3 is 1. The molecule has 1 atom stereocenters. The Balaban J connectivity index is 2.25. The first kappa shape index (κ1) is 16.6. The molecule has 0 aliphatic carbocycles. The molecule has 1 aromatic carbocycles. The van der Waals surface area contributed by atoms with Crippen LogP contribution in [0.1, 0.15) is 32.3 Å². The number of anilines is 1. The van der Waals surface area contributed by atoms with Crippen LogP contribution in [-0.4, -0.2) is 26.2 Å². The summed E-state index contributed by atoms with van der Waals surface area (Å²) in [6, 6.07) is 7.57. The molecule has 4 nitrogen and oxygen atoms in total. The molecule has 0 N–H and O–H groups in total. The van der Waals surface area contributed by atoms with E-state index in [0.29, 0.717) is 10.6 Å². The Morgan fingerprint density at radius 3 is 2.86 bits per heavy atom. The van der Waals surface area contributed by atoms with Gasteiger partial charge in [0, 0.05) is 18.1 Å². The molecule has 1 unspecified atom stereocenters. The summed E-state index contributed by atoms with van der Waals surface area (Å²) >= 11 is 5.97. The average molecular weight is 321 g/mol. The molecule has 22 heavy (non-hydrogen) atoms. The number of hydrogen-bond donors (Lipinski definition) is 0. The number of hydrogen-bond acceptors (Lipinski definition) is 4. The number of piperidine rings is 1. The molecule has 1 aliphatic heterocycles. The summed E-state index contributed by atoms with van der Waals surface area (Å²) in [6.45, 7) is 5.47. The summed E-state index contributed by atoms with van der Waals surface area (Å²) in [6.07, 6.45) is 1.96. The van der Waals surface area contributed by atoms with E-state index in [2.05, 4.69) is 11.0 Å². The third-order valence-corrected chi connectivity index (χ3v) is 4.81. The van der Waals surface area contributed by atoms with E-state index < -0.39 is 5.41 Å². The van der Waals surface area contributed by atoms with E-state index in [1.165, 1.54) is 7.11 Å². The van der Waals surface area contributed by atoms with Gasteiger partial charge in [-0.15, -0.1) is 0 Å². The summed E-state index contributed by atoms with van der Waals surface area (Å²) in [5.74, 6) is 0.00637. The smallest absolute Gasteiger partial charge is 0.311 e. The summed E-state index contributed by atoms with van der Waals surface area (Å²) in [7, 11) is 1.43. The van der Waals surface area contributed by atoms with Crippen molar-refractivity contribution in [2.75, 3.05) is 25.1 Å². The van der Waals surface area contributed by atoms with Gasteiger partial charge in [0.15, 0.2) is 0 Å². The van der Waals surface area contributed by atoms with Crippen molar-refractivity contribution in [3.05, 3.63) is 28.8 Å². The number of nitriles is 1. The monoisotopic (exact) mass is 320 g/mol. The molecule has 5 heteroatoms. The molecule has 0 spiro atoms. The van der Waals surface area contributed by atoms with E-state index in [1.807, 2.05) is 19.9 Å². The SMILES string of the molecule is COC(=O)C(C)(C)C1CCCN(c2ccc(Cl)cc2C#N)C1. The molecule has 118 valence electrons. The molecule has 0 amide bonds. The summed E-state index contributed by atoms with van der Waals surface area (Å²) in [4.78, 5) is 14.2. The van der Waals surface area contributed by atoms with Gasteiger partial charge in [-0.2, -0.15) is 5.26 Å². The fraction of sp³-hybridized carbons (Fsp3) is 0.529. The largest absolute Gasteiger partial charge is 0.469 e. The molecule has 1 aromatic rings. The summed E-state index contributed by atoms with van der Waals surface area (Å²) in [5.41, 5.74) is 0.924. The third-order valence-electron chi connectivity index (χ3n) is 4.57. The maximum atomic E-state index is 12.0. The van der Waals surface area contributed by atoms with E-state index in [4.69, 9.17) is 16.3 Å². The minimum atomic E-state index is -0.535. The van der Waals surface area contributed by atoms with Crippen LogP contribution in [0.4, 0.5) is 5.69 Å². The van der Waals surface area contributed by atoms with Gasteiger partial charge < -0.3 is 9.64 Å². The minimum absolute atomic E-state index is 0.184. The van der Waals surface area contributed by atoms with Crippen LogP contribution in [0.5, 0.6) is 0 Å². The highest BCUT2D eigenvalue weighted by Gasteiger charge is 2.40. The van der Waals surface area contributed by atoms with Crippen LogP contribution in [0.2, 0.25) is 5.02 Å². The van der Waals surface area contributed by atoms with E-state index >= 15 is 0 Å². The highest BCUT2D eigenvalue weighted by Crippen LogP contribution is 2.37. The van der Waals surface area contributed by atoms with Gasteiger partial charge in [-0.1, -0.05) is 11.6 Å². The molecule has 0 bridgehead atoms. The van der Waals surface area contributed by atoms with E-state index in [9.17, 15) is 10.1 Å². The molecule has 0 saturated carbocycles. The zero-order valence-electron chi connectivity index (χ0n) is 13.2. The quantitative estimate of drug-likeness (QED) is 0.798. The van der Waals surface area contributed by atoms with Gasteiger partial charge >= 0.3 is 5.97 Å².